The molecule has 7 aromatic carbocycles. The SMILES string of the molecule is Cc1cc(C2C=CC=CC2)ccc1N(c1cccc(-c2ccccc2)c1)c1ccc2c(c1)-c1ccccc1C21c2ccccc2-c2ccccc21. The summed E-state index contributed by atoms with van der Waals surface area (Å²) in [5.74, 6) is 0.405. The number of hydrogen-bond donors (Lipinski definition) is 0. The van der Waals surface area contributed by atoms with Crippen LogP contribution < -0.4 is 4.90 Å². The van der Waals surface area contributed by atoms with Gasteiger partial charge in [0, 0.05) is 23.0 Å². The lowest BCUT2D eigenvalue weighted by Crippen LogP contribution is -2.25. The summed E-state index contributed by atoms with van der Waals surface area (Å²) < 4.78 is 0. The van der Waals surface area contributed by atoms with Crippen molar-refractivity contribution in [3.05, 3.63) is 221 Å². The van der Waals surface area contributed by atoms with Crippen LogP contribution in [-0.4, -0.2) is 0 Å². The van der Waals surface area contributed by atoms with Gasteiger partial charge in [0.15, 0.2) is 0 Å². The number of hydrogen-bond acceptors (Lipinski definition) is 1. The van der Waals surface area contributed by atoms with Crippen LogP contribution in [0.5, 0.6) is 0 Å². The first-order chi connectivity index (χ1) is 25.2. The number of allylic oxidation sites excluding steroid dienone is 4. The first kappa shape index (κ1) is 29.7. The number of anilines is 3. The fourth-order valence-corrected chi connectivity index (χ4v) is 9.10. The van der Waals surface area contributed by atoms with Crippen molar-refractivity contribution < 1.29 is 0 Å². The molecule has 10 rings (SSSR count). The Kier molecular flexibility index (Phi) is 6.82. The molecule has 0 aliphatic heterocycles. The summed E-state index contributed by atoms with van der Waals surface area (Å²) >= 11 is 0. The average Bonchev–Trinajstić information content (AvgIpc) is 3.67. The summed E-state index contributed by atoms with van der Waals surface area (Å²) in [5, 5.41) is 0. The molecule has 0 heterocycles. The van der Waals surface area contributed by atoms with E-state index in [1.165, 1.54) is 72.4 Å². The summed E-state index contributed by atoms with van der Waals surface area (Å²) in [5.41, 5.74) is 18.9. The fourth-order valence-electron chi connectivity index (χ4n) is 9.10. The molecule has 0 saturated carbocycles. The van der Waals surface area contributed by atoms with E-state index in [0.717, 1.165) is 17.8 Å². The second-order valence-corrected chi connectivity index (χ2v) is 14.1. The standard InChI is InChI=1S/C50H37N/c1-34-31-38(36-17-6-3-7-18-36)27-30-49(34)51(39-20-14-19-37(32-39)35-15-4-2-5-16-35)40-28-29-48-44(33-40)43-23-10-13-26-47(43)50(48)45-24-11-8-21-41(45)42-22-9-12-25-46(42)50/h2-17,19-33,36H,18H2,1H3. The lowest BCUT2D eigenvalue weighted by molar-refractivity contribution is 0.794. The molecule has 0 bridgehead atoms. The molecule has 1 nitrogen and oxygen atoms in total. The van der Waals surface area contributed by atoms with Crippen LogP contribution in [0.25, 0.3) is 33.4 Å². The molecule has 3 aliphatic carbocycles. The molecular formula is C50H37N. The van der Waals surface area contributed by atoms with E-state index < -0.39 is 0 Å². The molecule has 0 fully saturated rings. The second kappa shape index (κ2) is 11.7. The lowest BCUT2D eigenvalue weighted by Gasteiger charge is -2.31. The average molecular weight is 652 g/mol. The molecule has 0 aromatic heterocycles. The van der Waals surface area contributed by atoms with Gasteiger partial charge in [-0.3, -0.25) is 0 Å². The van der Waals surface area contributed by atoms with Gasteiger partial charge in [-0.15, -0.1) is 0 Å². The van der Waals surface area contributed by atoms with Crippen molar-refractivity contribution in [1.82, 2.24) is 0 Å². The van der Waals surface area contributed by atoms with E-state index in [2.05, 4.69) is 200 Å². The molecule has 0 radical (unpaired) electrons. The highest BCUT2D eigenvalue weighted by molar-refractivity contribution is 5.96. The Morgan fingerprint density at radius 3 is 1.76 bits per heavy atom. The Balaban J connectivity index is 1.19. The van der Waals surface area contributed by atoms with Gasteiger partial charge in [-0.25, -0.2) is 0 Å². The number of benzene rings is 7. The summed E-state index contributed by atoms with van der Waals surface area (Å²) in [6, 6.07) is 61.1. The summed E-state index contributed by atoms with van der Waals surface area (Å²) in [4.78, 5) is 2.46. The molecule has 51 heavy (non-hydrogen) atoms. The summed E-state index contributed by atoms with van der Waals surface area (Å²) in [7, 11) is 0. The smallest absolute Gasteiger partial charge is 0.0725 e. The van der Waals surface area contributed by atoms with Crippen LogP contribution in [0.2, 0.25) is 0 Å². The number of rotatable bonds is 5. The maximum Gasteiger partial charge on any atom is 0.0725 e. The van der Waals surface area contributed by atoms with Crippen molar-refractivity contribution >= 4 is 17.1 Å². The molecule has 7 aromatic rings. The first-order valence-corrected chi connectivity index (χ1v) is 18.0. The quantitative estimate of drug-likeness (QED) is 0.179. The van der Waals surface area contributed by atoms with Gasteiger partial charge in [0.1, 0.15) is 0 Å². The maximum absolute atomic E-state index is 2.46. The van der Waals surface area contributed by atoms with Gasteiger partial charge in [-0.2, -0.15) is 0 Å². The Morgan fingerprint density at radius 1 is 0.490 bits per heavy atom. The monoisotopic (exact) mass is 651 g/mol. The zero-order valence-electron chi connectivity index (χ0n) is 28.6. The molecule has 0 saturated heterocycles. The topological polar surface area (TPSA) is 3.24 Å². The van der Waals surface area contributed by atoms with E-state index in [4.69, 9.17) is 0 Å². The minimum Gasteiger partial charge on any atom is -0.310 e. The molecule has 0 N–H and O–H groups in total. The molecule has 1 spiro atoms. The third-order valence-corrected chi connectivity index (χ3v) is 11.3. The highest BCUT2D eigenvalue weighted by Crippen LogP contribution is 2.63. The Morgan fingerprint density at radius 2 is 1.10 bits per heavy atom. The Labute approximate surface area is 300 Å². The van der Waals surface area contributed by atoms with Gasteiger partial charge in [-0.1, -0.05) is 158 Å². The van der Waals surface area contributed by atoms with E-state index in [1.54, 1.807) is 0 Å². The lowest BCUT2D eigenvalue weighted by atomic mass is 9.70. The van der Waals surface area contributed by atoms with E-state index in [0.29, 0.717) is 5.92 Å². The van der Waals surface area contributed by atoms with Crippen LogP contribution in [-0.2, 0) is 5.41 Å². The zero-order chi connectivity index (χ0) is 33.9. The second-order valence-electron chi connectivity index (χ2n) is 14.1. The van der Waals surface area contributed by atoms with Crippen molar-refractivity contribution in [2.24, 2.45) is 0 Å². The first-order valence-electron chi connectivity index (χ1n) is 18.0. The van der Waals surface area contributed by atoms with Crippen LogP contribution in [0.1, 0.15) is 45.7 Å². The van der Waals surface area contributed by atoms with Crippen LogP contribution >= 0.6 is 0 Å². The van der Waals surface area contributed by atoms with Crippen molar-refractivity contribution in [3.63, 3.8) is 0 Å². The number of fused-ring (bicyclic) bond motifs is 10. The van der Waals surface area contributed by atoms with Crippen LogP contribution in [0, 0.1) is 6.92 Å². The summed E-state index contributed by atoms with van der Waals surface area (Å²) in [6.45, 7) is 2.26. The maximum atomic E-state index is 2.46. The highest BCUT2D eigenvalue weighted by Gasteiger charge is 2.51. The van der Waals surface area contributed by atoms with E-state index in [1.807, 2.05) is 0 Å². The van der Waals surface area contributed by atoms with E-state index in [9.17, 15) is 0 Å². The molecule has 3 aliphatic rings. The van der Waals surface area contributed by atoms with Crippen molar-refractivity contribution in [3.8, 4) is 33.4 Å². The van der Waals surface area contributed by atoms with Crippen molar-refractivity contribution in [2.75, 3.05) is 4.90 Å². The number of aryl methyl sites for hydroxylation is 1. The largest absolute Gasteiger partial charge is 0.310 e. The van der Waals surface area contributed by atoms with Crippen molar-refractivity contribution in [2.45, 2.75) is 24.7 Å². The third-order valence-electron chi connectivity index (χ3n) is 11.3. The normalized spacial score (nSPS) is 15.7. The zero-order valence-corrected chi connectivity index (χ0v) is 28.6. The molecule has 242 valence electrons. The highest BCUT2D eigenvalue weighted by atomic mass is 15.1. The van der Waals surface area contributed by atoms with E-state index in [-0.39, 0.29) is 5.41 Å². The molecular weight excluding hydrogens is 615 g/mol. The predicted octanol–water partition coefficient (Wildman–Crippen LogP) is 13.1. The summed E-state index contributed by atoms with van der Waals surface area (Å²) in [6.07, 6.45) is 9.96. The predicted molar refractivity (Wildman–Crippen MR) is 213 cm³/mol. The minimum absolute atomic E-state index is 0.352. The van der Waals surface area contributed by atoms with Gasteiger partial charge in [0.25, 0.3) is 0 Å². The van der Waals surface area contributed by atoms with Gasteiger partial charge >= 0.3 is 0 Å². The van der Waals surface area contributed by atoms with Gasteiger partial charge in [0.2, 0.25) is 0 Å². The Bertz CT molecular complexity index is 2490. The molecule has 1 atom stereocenters. The third kappa shape index (κ3) is 4.48. The fraction of sp³-hybridized carbons (Fsp3) is 0.0800. The van der Waals surface area contributed by atoms with Gasteiger partial charge in [-0.05, 0) is 110 Å². The molecule has 0 amide bonds. The van der Waals surface area contributed by atoms with Crippen LogP contribution in [0.15, 0.2) is 188 Å². The van der Waals surface area contributed by atoms with Crippen LogP contribution in [0.4, 0.5) is 17.1 Å². The van der Waals surface area contributed by atoms with E-state index >= 15 is 0 Å². The van der Waals surface area contributed by atoms with Gasteiger partial charge in [0.05, 0.1) is 5.41 Å². The minimum atomic E-state index is -0.352. The number of nitrogens with zero attached hydrogens (tertiary/aromatic N) is 1. The molecule has 1 unspecified atom stereocenters. The Hall–Kier alpha value is -6.18. The molecule has 1 heteroatoms. The van der Waals surface area contributed by atoms with Crippen LogP contribution in [0.3, 0.4) is 0 Å². The van der Waals surface area contributed by atoms with Crippen molar-refractivity contribution in [1.29, 1.82) is 0 Å². The van der Waals surface area contributed by atoms with Gasteiger partial charge < -0.3 is 4.90 Å².